The summed E-state index contributed by atoms with van der Waals surface area (Å²) in [6.07, 6.45) is 3.98. The third-order valence-electron chi connectivity index (χ3n) is 6.82. The number of nitrogens with zero attached hydrogens (tertiary/aromatic N) is 1. The smallest absolute Gasteiger partial charge is 0.223 e. The lowest BCUT2D eigenvalue weighted by Crippen LogP contribution is -2.46. The van der Waals surface area contributed by atoms with E-state index in [1.54, 1.807) is 7.11 Å². The van der Waals surface area contributed by atoms with Crippen LogP contribution in [0.5, 0.6) is 5.75 Å². The van der Waals surface area contributed by atoms with E-state index in [1.807, 2.05) is 59.5 Å². The molecule has 2 N–H and O–H groups in total. The molecule has 0 bridgehead atoms. The van der Waals surface area contributed by atoms with Gasteiger partial charge in [-0.05, 0) is 48.9 Å². The molecule has 0 saturated carbocycles. The number of amides is 3. The molecule has 0 aromatic heterocycles. The van der Waals surface area contributed by atoms with Gasteiger partial charge in [0, 0.05) is 43.9 Å². The predicted molar refractivity (Wildman–Crippen MR) is 129 cm³/mol. The lowest BCUT2D eigenvalue weighted by atomic mass is 9.84. The molecule has 7 heteroatoms. The fourth-order valence-electron chi connectivity index (χ4n) is 5.00. The molecule has 2 aromatic carbocycles. The molecule has 2 aliphatic heterocycles. The van der Waals surface area contributed by atoms with Crippen molar-refractivity contribution in [2.24, 2.45) is 0 Å². The van der Waals surface area contributed by atoms with Crippen molar-refractivity contribution in [2.75, 3.05) is 13.7 Å². The highest BCUT2D eigenvalue weighted by molar-refractivity contribution is 5.81. The summed E-state index contributed by atoms with van der Waals surface area (Å²) in [6, 6.07) is 17.7. The van der Waals surface area contributed by atoms with Crippen molar-refractivity contribution in [1.29, 1.82) is 0 Å². The van der Waals surface area contributed by atoms with Crippen molar-refractivity contribution in [3.8, 4) is 5.75 Å². The van der Waals surface area contributed by atoms with Crippen molar-refractivity contribution in [2.45, 2.75) is 63.1 Å². The summed E-state index contributed by atoms with van der Waals surface area (Å²) in [4.78, 5) is 39.2. The maximum Gasteiger partial charge on any atom is 0.223 e. The molecule has 180 valence electrons. The minimum Gasteiger partial charge on any atom is -0.497 e. The highest BCUT2D eigenvalue weighted by Gasteiger charge is 2.38. The van der Waals surface area contributed by atoms with Gasteiger partial charge in [-0.15, -0.1) is 0 Å². The average Bonchev–Trinajstić information content (AvgIpc) is 3.42. The van der Waals surface area contributed by atoms with Crippen LogP contribution in [0.4, 0.5) is 0 Å². The molecule has 4 rings (SSSR count). The molecule has 2 aliphatic rings. The minimum absolute atomic E-state index is 0.0166. The Hall–Kier alpha value is -3.35. The standard InChI is InChI=1S/C27H33N3O4/c1-34-23-9-5-8-21(16-23)17-27(14-12-25(32)29-27)15-13-26(33)30(18-20-6-3-2-4-7-20)19-22-10-11-24(31)28-22/h2-9,16,22H,10-15,17-19H2,1H3,(H,28,31)(H,29,32)/t22-,27?/m0/s1. The Morgan fingerprint density at radius 2 is 1.85 bits per heavy atom. The summed E-state index contributed by atoms with van der Waals surface area (Å²) in [7, 11) is 1.64. The Morgan fingerprint density at radius 1 is 1.06 bits per heavy atom. The third-order valence-corrected chi connectivity index (χ3v) is 6.82. The van der Waals surface area contributed by atoms with E-state index < -0.39 is 5.54 Å². The average molecular weight is 464 g/mol. The number of hydrogen-bond donors (Lipinski definition) is 2. The van der Waals surface area contributed by atoms with Crippen molar-refractivity contribution < 1.29 is 19.1 Å². The van der Waals surface area contributed by atoms with Gasteiger partial charge in [0.2, 0.25) is 17.7 Å². The van der Waals surface area contributed by atoms with Gasteiger partial charge in [-0.1, -0.05) is 42.5 Å². The highest BCUT2D eigenvalue weighted by Crippen LogP contribution is 2.31. The van der Waals surface area contributed by atoms with E-state index in [-0.39, 0.29) is 23.8 Å². The molecule has 2 fully saturated rings. The Bertz CT molecular complexity index is 1030. The Kier molecular flexibility index (Phi) is 7.50. The first-order valence-corrected chi connectivity index (χ1v) is 12.0. The Labute approximate surface area is 200 Å². The van der Waals surface area contributed by atoms with Crippen LogP contribution in [-0.2, 0) is 27.3 Å². The van der Waals surface area contributed by atoms with Crippen molar-refractivity contribution in [1.82, 2.24) is 15.5 Å². The lowest BCUT2D eigenvalue weighted by molar-refractivity contribution is -0.133. The molecule has 0 radical (unpaired) electrons. The molecule has 7 nitrogen and oxygen atoms in total. The molecule has 2 saturated heterocycles. The summed E-state index contributed by atoms with van der Waals surface area (Å²) in [6.45, 7) is 0.996. The van der Waals surface area contributed by atoms with Gasteiger partial charge in [-0.25, -0.2) is 0 Å². The largest absolute Gasteiger partial charge is 0.497 e. The normalized spacial score (nSPS) is 21.7. The molecule has 3 amide bonds. The second kappa shape index (κ2) is 10.7. The van der Waals surface area contributed by atoms with E-state index >= 15 is 0 Å². The van der Waals surface area contributed by atoms with Crippen LogP contribution >= 0.6 is 0 Å². The zero-order valence-electron chi connectivity index (χ0n) is 19.7. The van der Waals surface area contributed by atoms with E-state index in [0.29, 0.717) is 51.6 Å². The van der Waals surface area contributed by atoms with Crippen LogP contribution in [-0.4, -0.2) is 47.9 Å². The van der Waals surface area contributed by atoms with Crippen LogP contribution in [0.3, 0.4) is 0 Å². The van der Waals surface area contributed by atoms with Crippen molar-refractivity contribution in [3.05, 3.63) is 65.7 Å². The molecular formula is C27H33N3O4. The van der Waals surface area contributed by atoms with Gasteiger partial charge < -0.3 is 20.3 Å². The molecule has 0 aliphatic carbocycles. The van der Waals surface area contributed by atoms with Crippen LogP contribution < -0.4 is 15.4 Å². The summed E-state index contributed by atoms with van der Waals surface area (Å²) in [5.74, 6) is 0.894. The molecule has 2 heterocycles. The van der Waals surface area contributed by atoms with Crippen LogP contribution in [0.25, 0.3) is 0 Å². The van der Waals surface area contributed by atoms with E-state index in [1.165, 1.54) is 0 Å². The van der Waals surface area contributed by atoms with Crippen LogP contribution in [0, 0.1) is 0 Å². The number of carbonyl (C=O) groups is 3. The summed E-state index contributed by atoms with van der Waals surface area (Å²) in [5, 5.41) is 6.15. The highest BCUT2D eigenvalue weighted by atomic mass is 16.5. The van der Waals surface area contributed by atoms with E-state index in [4.69, 9.17) is 4.74 Å². The number of methoxy groups -OCH3 is 1. The lowest BCUT2D eigenvalue weighted by Gasteiger charge is -2.31. The molecule has 2 atom stereocenters. The van der Waals surface area contributed by atoms with Gasteiger partial charge in [0.1, 0.15) is 5.75 Å². The second-order valence-corrected chi connectivity index (χ2v) is 9.42. The summed E-state index contributed by atoms with van der Waals surface area (Å²) < 4.78 is 5.35. The van der Waals surface area contributed by atoms with Gasteiger partial charge in [-0.3, -0.25) is 14.4 Å². The first kappa shape index (κ1) is 23.8. The van der Waals surface area contributed by atoms with Crippen LogP contribution in [0.1, 0.15) is 49.7 Å². The van der Waals surface area contributed by atoms with Gasteiger partial charge in [0.15, 0.2) is 0 Å². The number of nitrogens with one attached hydrogen (secondary N) is 2. The zero-order valence-corrected chi connectivity index (χ0v) is 19.7. The molecule has 2 aromatic rings. The van der Waals surface area contributed by atoms with E-state index in [0.717, 1.165) is 23.3 Å². The zero-order chi connectivity index (χ0) is 24.0. The van der Waals surface area contributed by atoms with Crippen LogP contribution in [0.2, 0.25) is 0 Å². The van der Waals surface area contributed by atoms with Crippen molar-refractivity contribution in [3.63, 3.8) is 0 Å². The first-order valence-electron chi connectivity index (χ1n) is 12.0. The van der Waals surface area contributed by atoms with Gasteiger partial charge in [0.05, 0.1) is 7.11 Å². The molecule has 1 unspecified atom stereocenters. The van der Waals surface area contributed by atoms with E-state index in [2.05, 4.69) is 10.6 Å². The quantitative estimate of drug-likeness (QED) is 0.567. The fourth-order valence-corrected chi connectivity index (χ4v) is 5.00. The topological polar surface area (TPSA) is 87.7 Å². The number of benzene rings is 2. The first-order chi connectivity index (χ1) is 16.4. The number of carbonyl (C=O) groups excluding carboxylic acids is 3. The number of ether oxygens (including phenoxy) is 1. The maximum absolute atomic E-state index is 13.4. The molecule has 0 spiro atoms. The third kappa shape index (κ3) is 6.16. The summed E-state index contributed by atoms with van der Waals surface area (Å²) in [5.41, 5.74) is 1.68. The van der Waals surface area contributed by atoms with Gasteiger partial charge in [-0.2, -0.15) is 0 Å². The Morgan fingerprint density at radius 3 is 2.53 bits per heavy atom. The number of hydrogen-bond acceptors (Lipinski definition) is 4. The van der Waals surface area contributed by atoms with E-state index in [9.17, 15) is 14.4 Å². The molecule has 34 heavy (non-hydrogen) atoms. The summed E-state index contributed by atoms with van der Waals surface area (Å²) >= 11 is 0. The van der Waals surface area contributed by atoms with Gasteiger partial charge >= 0.3 is 0 Å². The van der Waals surface area contributed by atoms with Crippen molar-refractivity contribution >= 4 is 17.7 Å². The van der Waals surface area contributed by atoms with Crippen LogP contribution in [0.15, 0.2) is 54.6 Å². The minimum atomic E-state index is -0.445. The SMILES string of the molecule is COc1cccc(CC2(CCC(=O)N(Cc3ccccc3)C[C@@H]3CCC(=O)N3)CCC(=O)N2)c1. The van der Waals surface area contributed by atoms with Gasteiger partial charge in [0.25, 0.3) is 0 Å². The second-order valence-electron chi connectivity index (χ2n) is 9.42. The Balaban J connectivity index is 1.45. The monoisotopic (exact) mass is 463 g/mol. The number of rotatable bonds is 10. The predicted octanol–water partition coefficient (Wildman–Crippen LogP) is 2.97. The fraction of sp³-hybridized carbons (Fsp3) is 0.444. The molecular weight excluding hydrogens is 430 g/mol. The maximum atomic E-state index is 13.4.